The van der Waals surface area contributed by atoms with E-state index in [4.69, 9.17) is 9.47 Å². The Hall–Kier alpha value is -1.77. The number of nitrogens with one attached hydrogen (secondary N) is 2. The Balaban J connectivity index is 0.00000253. The van der Waals surface area contributed by atoms with Gasteiger partial charge in [0.05, 0.1) is 24.4 Å². The Bertz CT molecular complexity index is 1180. The van der Waals surface area contributed by atoms with E-state index in [-0.39, 0.29) is 29.7 Å². The van der Waals surface area contributed by atoms with Crippen molar-refractivity contribution in [2.24, 2.45) is 0 Å². The van der Waals surface area contributed by atoms with Crippen LogP contribution in [0.4, 0.5) is 0 Å². The largest absolute Gasteiger partial charge is 0.493 e. The molecule has 2 N–H and O–H groups in total. The number of hydrogen-bond donors (Lipinski definition) is 2. The number of aromatic nitrogens is 1. The van der Waals surface area contributed by atoms with E-state index < -0.39 is 0 Å². The molecule has 0 amide bonds. The van der Waals surface area contributed by atoms with Crippen molar-refractivity contribution in [3.63, 3.8) is 0 Å². The second kappa shape index (κ2) is 16.4. The second-order valence-electron chi connectivity index (χ2n) is 9.78. The minimum absolute atomic E-state index is 0. The standard InChI is InChI=1S/C29H41N3O3S.2ClH/c1-4-17-32(23-10-11-24-22(20-23)9-13-26(34-2)28(24)35-3)18-7-5-6-15-30-16-14-21-8-12-25-27(19-21)36-29(33)31-25;;/h8-9,12-13,19,23,30H,4-7,10-11,14-18,20H2,1-3H3,(H,31,33);2*1H. The summed E-state index contributed by atoms with van der Waals surface area (Å²) in [6, 6.07) is 11.2. The van der Waals surface area contributed by atoms with Gasteiger partial charge >= 0.3 is 4.87 Å². The molecule has 1 aliphatic rings. The van der Waals surface area contributed by atoms with Crippen LogP contribution in [-0.4, -0.2) is 56.3 Å². The van der Waals surface area contributed by atoms with Crippen molar-refractivity contribution in [1.29, 1.82) is 0 Å². The lowest BCUT2D eigenvalue weighted by Crippen LogP contribution is -2.40. The van der Waals surface area contributed by atoms with Crippen LogP contribution in [0.2, 0.25) is 0 Å². The van der Waals surface area contributed by atoms with Crippen LogP contribution in [0.25, 0.3) is 10.2 Å². The number of halogens is 2. The second-order valence-corrected chi connectivity index (χ2v) is 10.8. The van der Waals surface area contributed by atoms with E-state index in [9.17, 15) is 4.79 Å². The molecule has 0 spiro atoms. The molecule has 1 aromatic heterocycles. The van der Waals surface area contributed by atoms with Crippen molar-refractivity contribution in [2.45, 2.75) is 64.3 Å². The van der Waals surface area contributed by atoms with E-state index in [0.717, 1.165) is 54.1 Å². The first-order valence-electron chi connectivity index (χ1n) is 13.4. The van der Waals surface area contributed by atoms with Gasteiger partial charge in [-0.05, 0) is 100 Å². The summed E-state index contributed by atoms with van der Waals surface area (Å²) in [6.45, 7) is 6.68. The minimum Gasteiger partial charge on any atom is -0.493 e. The van der Waals surface area contributed by atoms with Crippen LogP contribution in [0, 0.1) is 0 Å². The molecule has 9 heteroatoms. The SMILES string of the molecule is CCCN(CCCCCNCCc1ccc2[nH]c(=O)sc2c1)C1CCc2c(ccc(OC)c2OC)C1.Cl.Cl. The van der Waals surface area contributed by atoms with Crippen molar-refractivity contribution in [1.82, 2.24) is 15.2 Å². The highest BCUT2D eigenvalue weighted by Gasteiger charge is 2.27. The zero-order valence-electron chi connectivity index (χ0n) is 22.8. The van der Waals surface area contributed by atoms with Crippen LogP contribution in [0.5, 0.6) is 11.5 Å². The van der Waals surface area contributed by atoms with Crippen molar-refractivity contribution < 1.29 is 9.47 Å². The summed E-state index contributed by atoms with van der Waals surface area (Å²) in [7, 11) is 3.46. The van der Waals surface area contributed by atoms with Gasteiger partial charge in [-0.25, -0.2) is 0 Å². The lowest BCUT2D eigenvalue weighted by molar-refractivity contribution is 0.175. The summed E-state index contributed by atoms with van der Waals surface area (Å²) < 4.78 is 12.2. The molecular weight excluding hydrogens is 541 g/mol. The van der Waals surface area contributed by atoms with Gasteiger partial charge in [-0.2, -0.15) is 0 Å². The summed E-state index contributed by atoms with van der Waals surface area (Å²) in [6.07, 6.45) is 9.24. The van der Waals surface area contributed by atoms with Gasteiger partial charge in [0.15, 0.2) is 11.5 Å². The van der Waals surface area contributed by atoms with E-state index in [1.165, 1.54) is 73.2 Å². The number of fused-ring (bicyclic) bond motifs is 2. The fourth-order valence-corrected chi connectivity index (χ4v) is 6.28. The molecule has 2 aromatic carbocycles. The fourth-order valence-electron chi connectivity index (χ4n) is 5.48. The predicted molar refractivity (Wildman–Crippen MR) is 165 cm³/mol. The highest BCUT2D eigenvalue weighted by Crippen LogP contribution is 2.38. The number of rotatable bonds is 14. The number of thiazole rings is 1. The predicted octanol–water partition coefficient (Wildman–Crippen LogP) is 6.02. The zero-order chi connectivity index (χ0) is 25.3. The lowest BCUT2D eigenvalue weighted by Gasteiger charge is -2.36. The molecule has 4 rings (SSSR count). The number of benzene rings is 2. The third kappa shape index (κ3) is 8.36. The number of nitrogens with zero attached hydrogens (tertiary/aromatic N) is 1. The molecule has 0 bridgehead atoms. The highest BCUT2D eigenvalue weighted by molar-refractivity contribution is 7.16. The normalized spacial score (nSPS) is 14.6. The Labute approximate surface area is 243 Å². The molecule has 0 fully saturated rings. The van der Waals surface area contributed by atoms with Gasteiger partial charge in [0.2, 0.25) is 0 Å². The van der Waals surface area contributed by atoms with Gasteiger partial charge in [-0.1, -0.05) is 36.8 Å². The van der Waals surface area contributed by atoms with Crippen molar-refractivity contribution in [3.8, 4) is 11.5 Å². The molecule has 1 aliphatic carbocycles. The quantitative estimate of drug-likeness (QED) is 0.227. The third-order valence-corrected chi connectivity index (χ3v) is 8.18. The molecule has 3 aromatic rings. The maximum Gasteiger partial charge on any atom is 0.305 e. The van der Waals surface area contributed by atoms with Crippen molar-refractivity contribution in [2.75, 3.05) is 40.4 Å². The molecule has 0 saturated carbocycles. The average Bonchev–Trinajstić information content (AvgIpc) is 3.27. The molecule has 212 valence electrons. The molecule has 0 radical (unpaired) electrons. The molecule has 38 heavy (non-hydrogen) atoms. The van der Waals surface area contributed by atoms with Gasteiger partial charge in [-0.3, -0.25) is 4.79 Å². The van der Waals surface area contributed by atoms with Crippen LogP contribution in [0.15, 0.2) is 35.1 Å². The summed E-state index contributed by atoms with van der Waals surface area (Å²) in [5.74, 6) is 1.76. The maximum atomic E-state index is 11.5. The van der Waals surface area contributed by atoms with Crippen LogP contribution in [0.1, 0.15) is 55.7 Å². The van der Waals surface area contributed by atoms with Crippen molar-refractivity contribution in [3.05, 3.63) is 56.7 Å². The number of ether oxygens (including phenoxy) is 2. The molecule has 6 nitrogen and oxygen atoms in total. The molecule has 1 atom stereocenters. The number of hydrogen-bond acceptors (Lipinski definition) is 6. The number of methoxy groups -OCH3 is 2. The van der Waals surface area contributed by atoms with Gasteiger partial charge in [-0.15, -0.1) is 24.8 Å². The summed E-state index contributed by atoms with van der Waals surface area (Å²) in [5, 5.41) is 3.59. The topological polar surface area (TPSA) is 66.6 Å². The van der Waals surface area contributed by atoms with Crippen LogP contribution >= 0.6 is 36.2 Å². The van der Waals surface area contributed by atoms with E-state index in [0.29, 0.717) is 6.04 Å². The first kappa shape index (κ1) is 32.4. The summed E-state index contributed by atoms with van der Waals surface area (Å²) in [4.78, 5) is 17.1. The molecule has 0 aliphatic heterocycles. The Kier molecular flexibility index (Phi) is 14.0. The Morgan fingerprint density at radius 3 is 2.66 bits per heavy atom. The maximum absolute atomic E-state index is 11.5. The van der Waals surface area contributed by atoms with Gasteiger partial charge < -0.3 is 24.7 Å². The fraction of sp³-hybridized carbons (Fsp3) is 0.552. The first-order valence-corrected chi connectivity index (χ1v) is 14.2. The van der Waals surface area contributed by atoms with E-state index in [2.05, 4.69) is 46.4 Å². The monoisotopic (exact) mass is 583 g/mol. The van der Waals surface area contributed by atoms with Gasteiger partial charge in [0.25, 0.3) is 0 Å². The average molecular weight is 585 g/mol. The molecule has 0 saturated heterocycles. The van der Waals surface area contributed by atoms with E-state index in [1.54, 1.807) is 14.2 Å². The number of H-pyrrole nitrogens is 1. The Morgan fingerprint density at radius 1 is 1.05 bits per heavy atom. The summed E-state index contributed by atoms with van der Waals surface area (Å²) >= 11 is 1.29. The molecule has 1 unspecified atom stereocenters. The van der Waals surface area contributed by atoms with Crippen LogP contribution < -0.4 is 19.7 Å². The number of unbranched alkanes of at least 4 members (excludes halogenated alkanes) is 2. The number of aromatic amines is 1. The van der Waals surface area contributed by atoms with E-state index in [1.807, 2.05) is 6.07 Å². The third-order valence-electron chi connectivity index (χ3n) is 7.33. The molecule has 1 heterocycles. The smallest absolute Gasteiger partial charge is 0.305 e. The van der Waals surface area contributed by atoms with Crippen molar-refractivity contribution >= 4 is 46.4 Å². The van der Waals surface area contributed by atoms with Gasteiger partial charge in [0.1, 0.15) is 0 Å². The van der Waals surface area contributed by atoms with E-state index >= 15 is 0 Å². The summed E-state index contributed by atoms with van der Waals surface area (Å²) in [5.41, 5.74) is 4.97. The van der Waals surface area contributed by atoms with Crippen LogP contribution in [0.3, 0.4) is 0 Å². The Morgan fingerprint density at radius 2 is 1.89 bits per heavy atom. The minimum atomic E-state index is 0. The highest BCUT2D eigenvalue weighted by atomic mass is 35.5. The lowest BCUT2D eigenvalue weighted by atomic mass is 9.86. The zero-order valence-corrected chi connectivity index (χ0v) is 25.3. The first-order chi connectivity index (χ1) is 17.6. The van der Waals surface area contributed by atoms with Gasteiger partial charge in [0, 0.05) is 11.6 Å². The van der Waals surface area contributed by atoms with Crippen LogP contribution in [-0.2, 0) is 19.3 Å². The molecular formula is C29H43Cl2N3O3S.